The van der Waals surface area contributed by atoms with Crippen LogP contribution in [0.3, 0.4) is 0 Å². The van der Waals surface area contributed by atoms with E-state index in [4.69, 9.17) is 5.11 Å². The summed E-state index contributed by atoms with van der Waals surface area (Å²) in [6.45, 7) is 8.81. The number of carboxylic acids is 1. The van der Waals surface area contributed by atoms with Gasteiger partial charge in [-0.3, -0.25) is 14.9 Å². The van der Waals surface area contributed by atoms with Crippen molar-refractivity contribution in [2.75, 3.05) is 0 Å². The first-order valence-electron chi connectivity index (χ1n) is 6.38. The van der Waals surface area contributed by atoms with E-state index in [2.05, 4.69) is 10.6 Å². The Morgan fingerprint density at radius 2 is 1.68 bits per heavy atom. The molecule has 1 atom stereocenters. The highest BCUT2D eigenvalue weighted by atomic mass is 16.4. The zero-order valence-electron chi connectivity index (χ0n) is 12.2. The Morgan fingerprint density at radius 1 is 1.16 bits per heavy atom. The summed E-state index contributed by atoms with van der Waals surface area (Å²) >= 11 is 0. The average Bonchev–Trinajstić information content (AvgIpc) is 2.12. The third-order valence-electron chi connectivity index (χ3n) is 2.64. The lowest BCUT2D eigenvalue weighted by Gasteiger charge is -2.19. The summed E-state index contributed by atoms with van der Waals surface area (Å²) in [4.78, 5) is 33.9. The van der Waals surface area contributed by atoms with Crippen molar-refractivity contribution in [1.29, 1.82) is 0 Å². The summed E-state index contributed by atoms with van der Waals surface area (Å²) in [5.74, 6) is -1.23. The zero-order valence-corrected chi connectivity index (χ0v) is 12.2. The maximum absolute atomic E-state index is 11.5. The smallest absolute Gasteiger partial charge is 0.321 e. The highest BCUT2D eigenvalue weighted by Crippen LogP contribution is 2.19. The van der Waals surface area contributed by atoms with Gasteiger partial charge in [0.2, 0.25) is 5.91 Å². The summed E-state index contributed by atoms with van der Waals surface area (Å²) in [5, 5.41) is 13.7. The molecule has 1 unspecified atom stereocenters. The monoisotopic (exact) mass is 272 g/mol. The van der Waals surface area contributed by atoms with Crippen molar-refractivity contribution in [3.8, 4) is 0 Å². The lowest BCUT2D eigenvalue weighted by Crippen LogP contribution is -2.45. The standard InChI is InChI=1S/C13H24N2O4/c1-8(2)6-9(3)14-12(19)15-10(16)7-13(4,5)11(17)18/h8-9H,6-7H2,1-5H3,(H,17,18)(H2,14,15,16,19). The molecule has 0 radical (unpaired) electrons. The summed E-state index contributed by atoms with van der Waals surface area (Å²) in [7, 11) is 0. The predicted molar refractivity (Wildman–Crippen MR) is 71.6 cm³/mol. The number of rotatable bonds is 6. The van der Waals surface area contributed by atoms with Gasteiger partial charge in [0.1, 0.15) is 0 Å². The Hall–Kier alpha value is -1.59. The molecule has 6 heteroatoms. The van der Waals surface area contributed by atoms with Crippen molar-refractivity contribution in [2.24, 2.45) is 11.3 Å². The summed E-state index contributed by atoms with van der Waals surface area (Å²) < 4.78 is 0. The van der Waals surface area contributed by atoms with E-state index in [0.717, 1.165) is 6.42 Å². The zero-order chi connectivity index (χ0) is 15.2. The Labute approximate surface area is 113 Å². The molecule has 3 amide bonds. The summed E-state index contributed by atoms with van der Waals surface area (Å²) in [6, 6.07) is -0.625. The largest absolute Gasteiger partial charge is 0.481 e. The van der Waals surface area contributed by atoms with Crippen LogP contribution in [-0.2, 0) is 9.59 Å². The van der Waals surface area contributed by atoms with E-state index in [1.807, 2.05) is 20.8 Å². The summed E-state index contributed by atoms with van der Waals surface area (Å²) in [5.41, 5.74) is -1.19. The molecule has 0 spiro atoms. The van der Waals surface area contributed by atoms with E-state index in [9.17, 15) is 14.4 Å². The topological polar surface area (TPSA) is 95.5 Å². The molecular weight excluding hydrogens is 248 g/mol. The second-order valence-corrected chi connectivity index (χ2v) is 5.92. The number of hydrogen-bond acceptors (Lipinski definition) is 3. The molecule has 0 fully saturated rings. The van der Waals surface area contributed by atoms with E-state index in [0.29, 0.717) is 5.92 Å². The third kappa shape index (κ3) is 7.43. The number of aliphatic carboxylic acids is 1. The molecule has 3 N–H and O–H groups in total. The van der Waals surface area contributed by atoms with Gasteiger partial charge in [0.25, 0.3) is 0 Å². The lowest BCUT2D eigenvalue weighted by molar-refractivity contribution is -0.149. The molecule has 0 saturated heterocycles. The van der Waals surface area contributed by atoms with Gasteiger partial charge in [-0.25, -0.2) is 4.79 Å². The molecule has 19 heavy (non-hydrogen) atoms. The first-order chi connectivity index (χ1) is 8.54. The van der Waals surface area contributed by atoms with Gasteiger partial charge in [0.05, 0.1) is 5.41 Å². The Kier molecular flexibility index (Phi) is 6.52. The minimum absolute atomic E-state index is 0.0414. The summed E-state index contributed by atoms with van der Waals surface area (Å²) in [6.07, 6.45) is 0.566. The fourth-order valence-corrected chi connectivity index (χ4v) is 1.67. The minimum atomic E-state index is -1.19. The lowest BCUT2D eigenvalue weighted by atomic mass is 9.89. The van der Waals surface area contributed by atoms with Crippen LogP contribution in [0.1, 0.15) is 47.5 Å². The van der Waals surface area contributed by atoms with Crippen molar-refractivity contribution >= 4 is 17.9 Å². The Balaban J connectivity index is 4.20. The molecule has 0 aromatic carbocycles. The maximum Gasteiger partial charge on any atom is 0.321 e. The number of carboxylic acid groups (broad SMARTS) is 1. The fraction of sp³-hybridized carbons (Fsp3) is 0.769. The molecule has 0 aliphatic rings. The van der Waals surface area contributed by atoms with Crippen LogP contribution >= 0.6 is 0 Å². The van der Waals surface area contributed by atoms with E-state index >= 15 is 0 Å². The molecule has 0 saturated carbocycles. The molecule has 0 aliphatic carbocycles. The molecule has 0 aromatic heterocycles. The Morgan fingerprint density at radius 3 is 2.11 bits per heavy atom. The van der Waals surface area contributed by atoms with Gasteiger partial charge in [-0.05, 0) is 33.1 Å². The van der Waals surface area contributed by atoms with Crippen LogP contribution in [0.15, 0.2) is 0 Å². The van der Waals surface area contributed by atoms with Crippen molar-refractivity contribution < 1.29 is 19.5 Å². The van der Waals surface area contributed by atoms with Gasteiger partial charge < -0.3 is 10.4 Å². The number of carbonyl (C=O) groups is 3. The molecule has 6 nitrogen and oxygen atoms in total. The first-order valence-corrected chi connectivity index (χ1v) is 6.38. The van der Waals surface area contributed by atoms with Gasteiger partial charge in [0, 0.05) is 12.5 Å². The van der Waals surface area contributed by atoms with Gasteiger partial charge in [-0.2, -0.15) is 0 Å². The SMILES string of the molecule is CC(C)CC(C)NC(=O)NC(=O)CC(C)(C)C(=O)O. The number of carbonyl (C=O) groups excluding carboxylic acids is 2. The van der Waals surface area contributed by atoms with Crippen LogP contribution in [0, 0.1) is 11.3 Å². The van der Waals surface area contributed by atoms with Crippen LogP contribution in [-0.4, -0.2) is 29.1 Å². The number of nitrogens with one attached hydrogen (secondary N) is 2. The van der Waals surface area contributed by atoms with E-state index in [1.54, 1.807) is 0 Å². The van der Waals surface area contributed by atoms with Crippen molar-refractivity contribution in [2.45, 2.75) is 53.5 Å². The van der Waals surface area contributed by atoms with Crippen LogP contribution in [0.2, 0.25) is 0 Å². The average molecular weight is 272 g/mol. The van der Waals surface area contributed by atoms with Gasteiger partial charge in [-0.15, -0.1) is 0 Å². The van der Waals surface area contributed by atoms with Gasteiger partial charge in [0.15, 0.2) is 0 Å². The van der Waals surface area contributed by atoms with Crippen molar-refractivity contribution in [3.63, 3.8) is 0 Å². The van der Waals surface area contributed by atoms with Crippen LogP contribution in [0.4, 0.5) is 4.79 Å². The molecule has 0 heterocycles. The molecule has 0 bridgehead atoms. The van der Waals surface area contributed by atoms with Crippen LogP contribution in [0.25, 0.3) is 0 Å². The third-order valence-corrected chi connectivity index (χ3v) is 2.64. The molecule has 110 valence electrons. The second kappa shape index (κ2) is 7.11. The van der Waals surface area contributed by atoms with E-state index < -0.39 is 23.3 Å². The quantitative estimate of drug-likeness (QED) is 0.686. The van der Waals surface area contributed by atoms with Gasteiger partial charge in [-0.1, -0.05) is 13.8 Å². The highest BCUT2D eigenvalue weighted by Gasteiger charge is 2.30. The van der Waals surface area contributed by atoms with Crippen molar-refractivity contribution in [1.82, 2.24) is 10.6 Å². The molecule has 0 aromatic rings. The van der Waals surface area contributed by atoms with E-state index in [-0.39, 0.29) is 12.5 Å². The van der Waals surface area contributed by atoms with Crippen LogP contribution in [0.5, 0.6) is 0 Å². The molecule has 0 aliphatic heterocycles. The van der Waals surface area contributed by atoms with Gasteiger partial charge >= 0.3 is 12.0 Å². The number of amides is 3. The normalized spacial score (nSPS) is 12.9. The van der Waals surface area contributed by atoms with Crippen LogP contribution < -0.4 is 10.6 Å². The molecular formula is C13H24N2O4. The Bertz CT molecular complexity index is 351. The number of imide groups is 1. The number of hydrogen-bond donors (Lipinski definition) is 3. The van der Waals surface area contributed by atoms with E-state index in [1.165, 1.54) is 13.8 Å². The van der Waals surface area contributed by atoms with Crippen molar-refractivity contribution in [3.05, 3.63) is 0 Å². The number of urea groups is 1. The predicted octanol–water partition coefficient (Wildman–Crippen LogP) is 1.75. The second-order valence-electron chi connectivity index (χ2n) is 5.92. The fourth-order valence-electron chi connectivity index (χ4n) is 1.67. The molecule has 0 rings (SSSR count). The maximum atomic E-state index is 11.5. The first kappa shape index (κ1) is 17.4. The highest BCUT2D eigenvalue weighted by molar-refractivity contribution is 5.96. The minimum Gasteiger partial charge on any atom is -0.481 e.